The van der Waals surface area contributed by atoms with E-state index in [-0.39, 0.29) is 25.0 Å². The summed E-state index contributed by atoms with van der Waals surface area (Å²) in [6.07, 6.45) is 0.547. The number of pyridine rings is 1. The standard InChI is InChI=1S/C23H25N3O4S/c1-15(16-6-3-2-4-7-16)24-23(31)26(8-5-9-27)13-18-10-17-11-20-21(30-14-29-20)12-19(17)25-22(18)28/h2-4,6-7,10-12,15,27H,5,8-9,13-14H2,1H3,(H,24,31)(H,25,28). The van der Waals surface area contributed by atoms with E-state index in [9.17, 15) is 9.90 Å². The normalized spacial score (nSPS) is 13.2. The molecule has 0 spiro atoms. The SMILES string of the molecule is CC(NC(=S)N(CCCO)Cc1cc2cc3c(cc2[nH]c1=O)OCO3)c1ccccc1. The van der Waals surface area contributed by atoms with Crippen LogP contribution in [-0.4, -0.2) is 40.0 Å². The fraction of sp³-hybridized carbons (Fsp3) is 0.304. The van der Waals surface area contributed by atoms with Gasteiger partial charge in [-0.25, -0.2) is 0 Å². The van der Waals surface area contributed by atoms with Crippen LogP contribution in [0.25, 0.3) is 10.9 Å². The van der Waals surface area contributed by atoms with Gasteiger partial charge in [0.05, 0.1) is 18.1 Å². The van der Waals surface area contributed by atoms with Crippen molar-refractivity contribution < 1.29 is 14.6 Å². The zero-order chi connectivity index (χ0) is 21.8. The third-order valence-corrected chi connectivity index (χ3v) is 5.66. The number of aromatic amines is 1. The van der Waals surface area contributed by atoms with Gasteiger partial charge in [-0.3, -0.25) is 4.79 Å². The second-order valence-corrected chi connectivity index (χ2v) is 7.88. The maximum Gasteiger partial charge on any atom is 0.253 e. The minimum Gasteiger partial charge on any atom is -0.454 e. The lowest BCUT2D eigenvalue weighted by molar-refractivity contribution is 0.174. The Morgan fingerprint density at radius 2 is 1.97 bits per heavy atom. The molecule has 1 unspecified atom stereocenters. The number of aromatic nitrogens is 1. The number of H-pyrrole nitrogens is 1. The van der Waals surface area contributed by atoms with Crippen LogP contribution in [0.5, 0.6) is 11.5 Å². The number of rotatable bonds is 7. The molecule has 162 valence electrons. The number of hydrogen-bond acceptors (Lipinski definition) is 5. The summed E-state index contributed by atoms with van der Waals surface area (Å²) in [6.45, 7) is 3.12. The van der Waals surface area contributed by atoms with Crippen molar-refractivity contribution in [3.8, 4) is 11.5 Å². The van der Waals surface area contributed by atoms with Crippen molar-refractivity contribution in [1.29, 1.82) is 0 Å². The Hall–Kier alpha value is -3.10. The van der Waals surface area contributed by atoms with Gasteiger partial charge in [-0.1, -0.05) is 30.3 Å². The molecule has 7 nitrogen and oxygen atoms in total. The van der Waals surface area contributed by atoms with Crippen molar-refractivity contribution in [2.75, 3.05) is 19.9 Å². The Morgan fingerprint density at radius 3 is 2.71 bits per heavy atom. The van der Waals surface area contributed by atoms with E-state index in [1.165, 1.54) is 0 Å². The zero-order valence-electron chi connectivity index (χ0n) is 17.3. The van der Waals surface area contributed by atoms with Crippen LogP contribution >= 0.6 is 12.2 Å². The summed E-state index contributed by atoms with van der Waals surface area (Å²) in [5.74, 6) is 1.29. The van der Waals surface area contributed by atoms with Gasteiger partial charge >= 0.3 is 0 Å². The van der Waals surface area contributed by atoms with Gasteiger partial charge in [0.15, 0.2) is 16.6 Å². The van der Waals surface area contributed by atoms with Gasteiger partial charge in [-0.05, 0) is 43.3 Å². The van der Waals surface area contributed by atoms with Crippen molar-refractivity contribution in [3.05, 3.63) is 70.0 Å². The molecule has 31 heavy (non-hydrogen) atoms. The third kappa shape index (κ3) is 4.81. The molecule has 0 aliphatic carbocycles. The van der Waals surface area contributed by atoms with Gasteiger partial charge in [-0.2, -0.15) is 0 Å². The van der Waals surface area contributed by atoms with Crippen LogP contribution in [0.4, 0.5) is 0 Å². The predicted molar refractivity (Wildman–Crippen MR) is 123 cm³/mol. The number of benzene rings is 2. The smallest absolute Gasteiger partial charge is 0.253 e. The van der Waals surface area contributed by atoms with Gasteiger partial charge in [0.2, 0.25) is 6.79 Å². The molecular weight excluding hydrogens is 414 g/mol. The Kier molecular flexibility index (Phi) is 6.39. The first-order valence-electron chi connectivity index (χ1n) is 10.2. The molecule has 8 heteroatoms. The number of hydrogen-bond donors (Lipinski definition) is 3. The first kappa shape index (κ1) is 21.1. The molecule has 1 aliphatic rings. The van der Waals surface area contributed by atoms with Gasteiger partial charge in [0.25, 0.3) is 5.56 Å². The molecule has 1 atom stereocenters. The van der Waals surface area contributed by atoms with Crippen LogP contribution in [-0.2, 0) is 6.54 Å². The van der Waals surface area contributed by atoms with E-state index in [0.717, 1.165) is 10.9 Å². The topological polar surface area (TPSA) is 86.8 Å². The lowest BCUT2D eigenvalue weighted by Gasteiger charge is -2.28. The minimum absolute atomic E-state index is 0.0138. The molecule has 2 aromatic carbocycles. The number of aliphatic hydroxyl groups excluding tert-OH is 1. The van der Waals surface area contributed by atoms with Crippen molar-refractivity contribution in [3.63, 3.8) is 0 Å². The summed E-state index contributed by atoms with van der Waals surface area (Å²) in [5, 5.41) is 14.1. The Balaban J connectivity index is 1.56. The molecule has 0 saturated carbocycles. The molecular formula is C23H25N3O4S. The lowest BCUT2D eigenvalue weighted by Crippen LogP contribution is -2.42. The number of ether oxygens (including phenoxy) is 2. The molecule has 0 radical (unpaired) electrons. The molecule has 2 heterocycles. The van der Waals surface area contributed by atoms with Crippen LogP contribution < -0.4 is 20.3 Å². The Labute approximate surface area is 185 Å². The lowest BCUT2D eigenvalue weighted by atomic mass is 10.1. The average molecular weight is 440 g/mol. The summed E-state index contributed by atoms with van der Waals surface area (Å²) < 4.78 is 10.8. The van der Waals surface area contributed by atoms with Crippen LogP contribution in [0.2, 0.25) is 0 Å². The van der Waals surface area contributed by atoms with E-state index in [4.69, 9.17) is 21.7 Å². The van der Waals surface area contributed by atoms with E-state index in [0.29, 0.717) is 47.2 Å². The largest absolute Gasteiger partial charge is 0.454 e. The molecule has 4 rings (SSSR count). The fourth-order valence-electron chi connectivity index (χ4n) is 3.58. The molecule has 3 N–H and O–H groups in total. The monoisotopic (exact) mass is 439 g/mol. The molecule has 0 saturated heterocycles. The van der Waals surface area contributed by atoms with E-state index in [2.05, 4.69) is 10.3 Å². The minimum atomic E-state index is -0.181. The molecule has 1 aliphatic heterocycles. The summed E-state index contributed by atoms with van der Waals surface area (Å²) >= 11 is 5.65. The second kappa shape index (κ2) is 9.36. The summed E-state index contributed by atoms with van der Waals surface area (Å²) in [7, 11) is 0. The number of nitrogens with zero attached hydrogens (tertiary/aromatic N) is 1. The quantitative estimate of drug-likeness (QED) is 0.488. The number of thiocarbonyl (C=S) groups is 1. The molecule has 1 aromatic heterocycles. The molecule has 0 fully saturated rings. The highest BCUT2D eigenvalue weighted by molar-refractivity contribution is 7.80. The average Bonchev–Trinajstić information content (AvgIpc) is 3.23. The van der Waals surface area contributed by atoms with E-state index in [1.807, 2.05) is 54.3 Å². The highest BCUT2D eigenvalue weighted by atomic mass is 32.1. The van der Waals surface area contributed by atoms with Crippen LogP contribution in [0.15, 0.2) is 53.3 Å². The van der Waals surface area contributed by atoms with Gasteiger partial charge in [-0.15, -0.1) is 0 Å². The molecule has 3 aromatic rings. The van der Waals surface area contributed by atoms with Gasteiger partial charge < -0.3 is 29.8 Å². The highest BCUT2D eigenvalue weighted by Crippen LogP contribution is 2.35. The van der Waals surface area contributed by atoms with Crippen molar-refractivity contribution in [1.82, 2.24) is 15.2 Å². The van der Waals surface area contributed by atoms with Crippen LogP contribution in [0.3, 0.4) is 0 Å². The summed E-state index contributed by atoms with van der Waals surface area (Å²) in [5.41, 5.74) is 2.21. The molecule has 0 amide bonds. The summed E-state index contributed by atoms with van der Waals surface area (Å²) in [6, 6.07) is 15.5. The second-order valence-electron chi connectivity index (χ2n) is 7.50. The molecule has 0 bridgehead atoms. The van der Waals surface area contributed by atoms with E-state index in [1.54, 1.807) is 6.07 Å². The zero-order valence-corrected chi connectivity index (χ0v) is 18.1. The van der Waals surface area contributed by atoms with E-state index < -0.39 is 0 Å². The van der Waals surface area contributed by atoms with E-state index >= 15 is 0 Å². The van der Waals surface area contributed by atoms with Gasteiger partial charge in [0, 0.05) is 30.2 Å². The van der Waals surface area contributed by atoms with Crippen molar-refractivity contribution >= 4 is 28.2 Å². The maximum atomic E-state index is 12.7. The first-order chi connectivity index (χ1) is 15.0. The predicted octanol–water partition coefficient (Wildman–Crippen LogP) is 3.08. The number of fused-ring (bicyclic) bond motifs is 2. The van der Waals surface area contributed by atoms with Crippen LogP contribution in [0.1, 0.15) is 30.5 Å². The van der Waals surface area contributed by atoms with Crippen molar-refractivity contribution in [2.45, 2.75) is 25.9 Å². The Bertz CT molecular complexity index is 1130. The summed E-state index contributed by atoms with van der Waals surface area (Å²) in [4.78, 5) is 17.6. The number of aliphatic hydroxyl groups is 1. The van der Waals surface area contributed by atoms with Crippen LogP contribution in [0, 0.1) is 0 Å². The number of nitrogens with one attached hydrogen (secondary N) is 2. The highest BCUT2D eigenvalue weighted by Gasteiger charge is 2.18. The third-order valence-electron chi connectivity index (χ3n) is 5.29. The van der Waals surface area contributed by atoms with Gasteiger partial charge in [0.1, 0.15) is 0 Å². The maximum absolute atomic E-state index is 12.7. The van der Waals surface area contributed by atoms with Crippen molar-refractivity contribution in [2.24, 2.45) is 0 Å². The first-order valence-corrected chi connectivity index (χ1v) is 10.6. The fourth-order valence-corrected chi connectivity index (χ4v) is 3.91. The Morgan fingerprint density at radius 1 is 1.23 bits per heavy atom.